The third-order valence-corrected chi connectivity index (χ3v) is 3.25. The van der Waals surface area contributed by atoms with Gasteiger partial charge in [0.25, 0.3) is 0 Å². The van der Waals surface area contributed by atoms with Crippen LogP contribution >= 0.6 is 0 Å². The average molecular weight is 220 g/mol. The molecule has 1 aliphatic rings. The second kappa shape index (κ2) is 4.16. The Hall–Kier alpha value is -1.51. The van der Waals surface area contributed by atoms with Crippen LogP contribution < -0.4 is 0 Å². The predicted octanol–water partition coefficient (Wildman–Crippen LogP) is 2.67. The Morgan fingerprint density at radius 3 is 2.69 bits per heavy atom. The lowest BCUT2D eigenvalue weighted by Crippen LogP contribution is -2.08. The van der Waals surface area contributed by atoms with Crippen molar-refractivity contribution in [1.82, 2.24) is 0 Å². The molecule has 0 heterocycles. The second-order valence-corrected chi connectivity index (χ2v) is 4.59. The summed E-state index contributed by atoms with van der Waals surface area (Å²) in [4.78, 5) is 10.8. The first-order chi connectivity index (χ1) is 7.58. The highest BCUT2D eigenvalue weighted by molar-refractivity contribution is 5.68. The Kier molecular flexibility index (Phi) is 2.86. The molecular formula is C13H16O3. The van der Waals surface area contributed by atoms with Gasteiger partial charge in [-0.05, 0) is 48.8 Å². The van der Waals surface area contributed by atoms with Crippen LogP contribution in [0.5, 0.6) is 5.75 Å². The highest BCUT2D eigenvalue weighted by atomic mass is 16.4. The van der Waals surface area contributed by atoms with Gasteiger partial charge in [-0.15, -0.1) is 0 Å². The molecule has 0 saturated heterocycles. The van der Waals surface area contributed by atoms with Crippen LogP contribution in [0.3, 0.4) is 0 Å². The zero-order valence-corrected chi connectivity index (χ0v) is 9.31. The minimum atomic E-state index is -0.767. The number of aromatic hydroxyl groups is 1. The molecule has 16 heavy (non-hydrogen) atoms. The van der Waals surface area contributed by atoms with Crippen LogP contribution in [0, 0.1) is 12.8 Å². The Bertz CT molecular complexity index is 408. The molecule has 1 unspecified atom stereocenters. The van der Waals surface area contributed by atoms with E-state index in [1.807, 2.05) is 19.1 Å². The lowest BCUT2D eigenvalue weighted by Gasteiger charge is -2.15. The fraction of sp³-hybridized carbons (Fsp3) is 0.462. The number of phenols is 1. The van der Waals surface area contributed by atoms with Crippen molar-refractivity contribution < 1.29 is 15.0 Å². The molecule has 3 heteroatoms. The number of carboxylic acid groups (broad SMARTS) is 1. The lowest BCUT2D eigenvalue weighted by atomic mass is 9.90. The first-order valence-electron chi connectivity index (χ1n) is 5.59. The third kappa shape index (κ3) is 2.35. The van der Waals surface area contributed by atoms with Crippen LogP contribution in [-0.2, 0) is 4.79 Å². The van der Waals surface area contributed by atoms with E-state index in [0.29, 0.717) is 5.92 Å². The number of benzene rings is 1. The maximum Gasteiger partial charge on any atom is 0.303 e. The van der Waals surface area contributed by atoms with Crippen molar-refractivity contribution in [3.05, 3.63) is 29.3 Å². The molecule has 0 aromatic heterocycles. The van der Waals surface area contributed by atoms with Gasteiger partial charge in [0.15, 0.2) is 0 Å². The van der Waals surface area contributed by atoms with Gasteiger partial charge >= 0.3 is 5.97 Å². The lowest BCUT2D eigenvalue weighted by molar-refractivity contribution is -0.137. The summed E-state index contributed by atoms with van der Waals surface area (Å²) in [7, 11) is 0. The van der Waals surface area contributed by atoms with E-state index >= 15 is 0 Å². The quantitative estimate of drug-likeness (QED) is 0.820. The maximum absolute atomic E-state index is 10.8. The summed E-state index contributed by atoms with van der Waals surface area (Å²) in [6, 6.07) is 5.49. The highest BCUT2D eigenvalue weighted by Crippen LogP contribution is 2.45. The largest absolute Gasteiger partial charge is 0.508 e. The molecule has 3 nitrogen and oxygen atoms in total. The topological polar surface area (TPSA) is 57.5 Å². The fourth-order valence-corrected chi connectivity index (χ4v) is 2.10. The molecule has 0 radical (unpaired) electrons. The van der Waals surface area contributed by atoms with E-state index in [9.17, 15) is 9.90 Å². The van der Waals surface area contributed by atoms with Crippen molar-refractivity contribution in [2.24, 2.45) is 5.92 Å². The van der Waals surface area contributed by atoms with Crippen molar-refractivity contribution >= 4 is 5.97 Å². The van der Waals surface area contributed by atoms with Gasteiger partial charge in [-0.3, -0.25) is 4.79 Å². The number of carbonyl (C=O) groups is 1. The molecule has 86 valence electrons. The van der Waals surface area contributed by atoms with Gasteiger partial charge in [0.1, 0.15) is 5.75 Å². The Labute approximate surface area is 94.7 Å². The highest BCUT2D eigenvalue weighted by Gasteiger charge is 2.33. The molecule has 1 aromatic carbocycles. The van der Waals surface area contributed by atoms with Gasteiger partial charge < -0.3 is 10.2 Å². The van der Waals surface area contributed by atoms with Gasteiger partial charge in [0.2, 0.25) is 0 Å². The van der Waals surface area contributed by atoms with Gasteiger partial charge in [0.05, 0.1) is 6.42 Å². The molecule has 1 saturated carbocycles. The summed E-state index contributed by atoms with van der Waals surface area (Å²) in [5.74, 6) is 0.0349. The van der Waals surface area contributed by atoms with Gasteiger partial charge in [0, 0.05) is 0 Å². The molecule has 2 rings (SSSR count). The summed E-state index contributed by atoms with van der Waals surface area (Å²) >= 11 is 0. The number of hydrogen-bond acceptors (Lipinski definition) is 2. The minimum Gasteiger partial charge on any atom is -0.508 e. The number of aryl methyl sites for hydroxylation is 1. The van der Waals surface area contributed by atoms with Crippen LogP contribution in [0.2, 0.25) is 0 Å². The van der Waals surface area contributed by atoms with Crippen molar-refractivity contribution in [2.45, 2.75) is 32.1 Å². The summed E-state index contributed by atoms with van der Waals surface area (Å²) in [6.45, 7) is 1.84. The molecule has 0 aliphatic heterocycles. The van der Waals surface area contributed by atoms with E-state index in [2.05, 4.69) is 0 Å². The Morgan fingerprint density at radius 1 is 1.50 bits per heavy atom. The maximum atomic E-state index is 10.8. The number of aliphatic carboxylic acids is 1. The predicted molar refractivity (Wildman–Crippen MR) is 60.6 cm³/mol. The molecule has 2 N–H and O–H groups in total. The number of phenolic OH excluding ortho intramolecular Hbond substituents is 1. The number of hydrogen-bond donors (Lipinski definition) is 2. The normalized spacial score (nSPS) is 17.1. The van der Waals surface area contributed by atoms with E-state index in [1.165, 1.54) is 0 Å². The van der Waals surface area contributed by atoms with Gasteiger partial charge in [-0.25, -0.2) is 0 Å². The van der Waals surface area contributed by atoms with E-state index in [-0.39, 0.29) is 18.1 Å². The number of carboxylic acids is 1. The summed E-state index contributed by atoms with van der Waals surface area (Å²) in [5, 5.41) is 18.5. The molecule has 1 aliphatic carbocycles. The van der Waals surface area contributed by atoms with Crippen molar-refractivity contribution in [2.75, 3.05) is 0 Å². The first-order valence-corrected chi connectivity index (χ1v) is 5.59. The standard InChI is InChI=1S/C13H16O3/c1-8-2-3-10(6-12(8)14)11(7-13(15)16)9-4-5-9/h2-3,6,9,11,14H,4-5,7H2,1H3,(H,15,16). The third-order valence-electron chi connectivity index (χ3n) is 3.25. The number of rotatable bonds is 4. The van der Waals surface area contributed by atoms with Crippen LogP contribution in [-0.4, -0.2) is 16.2 Å². The molecule has 0 spiro atoms. The molecular weight excluding hydrogens is 204 g/mol. The Morgan fingerprint density at radius 2 is 2.19 bits per heavy atom. The molecule has 1 aromatic rings. The first kappa shape index (κ1) is 11.0. The van der Waals surface area contributed by atoms with Crippen LogP contribution in [0.25, 0.3) is 0 Å². The SMILES string of the molecule is Cc1ccc(C(CC(=O)O)C2CC2)cc1O. The van der Waals surface area contributed by atoms with Gasteiger partial charge in [-0.1, -0.05) is 12.1 Å². The van der Waals surface area contributed by atoms with E-state index in [4.69, 9.17) is 5.11 Å². The minimum absolute atomic E-state index is 0.0593. The monoisotopic (exact) mass is 220 g/mol. The van der Waals surface area contributed by atoms with E-state index in [1.54, 1.807) is 6.07 Å². The smallest absolute Gasteiger partial charge is 0.303 e. The summed E-state index contributed by atoms with van der Waals surface area (Å²) in [6.07, 6.45) is 2.37. The molecule has 0 amide bonds. The van der Waals surface area contributed by atoms with Crippen molar-refractivity contribution in [3.63, 3.8) is 0 Å². The van der Waals surface area contributed by atoms with Crippen LogP contribution in [0.4, 0.5) is 0 Å². The molecule has 0 bridgehead atoms. The average Bonchev–Trinajstić information content (AvgIpc) is 3.02. The fourth-order valence-electron chi connectivity index (χ4n) is 2.10. The Balaban J connectivity index is 2.24. The zero-order valence-electron chi connectivity index (χ0n) is 9.31. The molecule has 1 fully saturated rings. The second-order valence-electron chi connectivity index (χ2n) is 4.59. The summed E-state index contributed by atoms with van der Waals surface area (Å²) in [5.41, 5.74) is 1.78. The van der Waals surface area contributed by atoms with E-state index in [0.717, 1.165) is 24.0 Å². The van der Waals surface area contributed by atoms with E-state index < -0.39 is 5.97 Å². The molecule has 1 atom stereocenters. The summed E-state index contributed by atoms with van der Waals surface area (Å²) < 4.78 is 0. The van der Waals surface area contributed by atoms with Crippen molar-refractivity contribution in [3.8, 4) is 5.75 Å². The van der Waals surface area contributed by atoms with Crippen LogP contribution in [0.1, 0.15) is 36.3 Å². The zero-order chi connectivity index (χ0) is 11.7. The van der Waals surface area contributed by atoms with Crippen molar-refractivity contribution in [1.29, 1.82) is 0 Å². The van der Waals surface area contributed by atoms with Gasteiger partial charge in [-0.2, -0.15) is 0 Å². The van der Waals surface area contributed by atoms with Crippen LogP contribution in [0.15, 0.2) is 18.2 Å².